The number of nitrogens with zero attached hydrogens (tertiary/aromatic N) is 1. The van der Waals surface area contributed by atoms with Gasteiger partial charge in [-0.05, 0) is 37.6 Å². The van der Waals surface area contributed by atoms with E-state index in [0.717, 1.165) is 16.7 Å². The number of aromatic hydroxyl groups is 1. The fourth-order valence-corrected chi connectivity index (χ4v) is 3.32. The largest absolute Gasteiger partial charge is 0.503 e. The van der Waals surface area contributed by atoms with Gasteiger partial charge in [0.1, 0.15) is 5.82 Å². The minimum absolute atomic E-state index is 0.0260. The first kappa shape index (κ1) is 19.8. The smallest absolute Gasteiger partial charge is 0.262 e. The van der Waals surface area contributed by atoms with Gasteiger partial charge in [-0.15, -0.1) is 0 Å². The molecule has 9 heteroatoms. The first-order chi connectivity index (χ1) is 13.1. The third kappa shape index (κ3) is 2.90. The second-order valence-electron chi connectivity index (χ2n) is 6.31. The van der Waals surface area contributed by atoms with Gasteiger partial charge in [0.05, 0.1) is 16.5 Å². The van der Waals surface area contributed by atoms with Crippen LogP contribution in [0.2, 0.25) is 5.02 Å². The molecule has 0 bridgehead atoms. The van der Waals surface area contributed by atoms with Crippen LogP contribution in [0.25, 0.3) is 10.9 Å². The van der Waals surface area contributed by atoms with Gasteiger partial charge in [0, 0.05) is 22.7 Å². The normalized spacial score (nSPS) is 12.4. The van der Waals surface area contributed by atoms with Gasteiger partial charge in [-0.1, -0.05) is 11.6 Å². The third-order valence-corrected chi connectivity index (χ3v) is 4.94. The van der Waals surface area contributed by atoms with E-state index in [-0.39, 0.29) is 32.7 Å². The van der Waals surface area contributed by atoms with Crippen LogP contribution in [0.3, 0.4) is 0 Å². The van der Waals surface area contributed by atoms with Crippen molar-refractivity contribution in [2.75, 3.05) is 0 Å². The van der Waals surface area contributed by atoms with E-state index in [1.54, 1.807) is 0 Å². The van der Waals surface area contributed by atoms with Crippen molar-refractivity contribution in [3.8, 4) is 5.75 Å². The summed E-state index contributed by atoms with van der Waals surface area (Å²) in [6.45, 7) is 2.80. The Balaban J connectivity index is 2.39. The lowest BCUT2D eigenvalue weighted by Gasteiger charge is -2.10. The number of benzene rings is 2. The molecular formula is C19H14ClF3N2O3. The van der Waals surface area contributed by atoms with Crippen molar-refractivity contribution in [1.82, 2.24) is 4.57 Å². The predicted octanol–water partition coefficient (Wildman–Crippen LogP) is 4.00. The molecule has 1 atom stereocenters. The molecule has 0 unspecified atom stereocenters. The molecule has 28 heavy (non-hydrogen) atoms. The van der Waals surface area contributed by atoms with Gasteiger partial charge >= 0.3 is 0 Å². The Morgan fingerprint density at radius 3 is 2.39 bits per heavy atom. The summed E-state index contributed by atoms with van der Waals surface area (Å²) in [4.78, 5) is 24.7. The lowest BCUT2D eigenvalue weighted by atomic mass is 9.97. The number of phenolic OH excluding ortho intramolecular Hbond substituents is 1. The van der Waals surface area contributed by atoms with E-state index in [1.807, 2.05) is 0 Å². The SMILES string of the molecule is Cc1c([C@@H](C)C(N)=O)c2c(F)c(O)c(F)cc2n1C(=O)c1ccc(Cl)c(F)c1. The molecule has 146 valence electrons. The molecule has 3 rings (SSSR count). The lowest BCUT2D eigenvalue weighted by molar-refractivity contribution is -0.119. The summed E-state index contributed by atoms with van der Waals surface area (Å²) < 4.78 is 43.4. The molecule has 0 aliphatic carbocycles. The van der Waals surface area contributed by atoms with E-state index in [9.17, 15) is 27.9 Å². The second-order valence-corrected chi connectivity index (χ2v) is 6.71. The molecule has 0 aliphatic heterocycles. The van der Waals surface area contributed by atoms with Crippen molar-refractivity contribution < 1.29 is 27.9 Å². The Labute approximate surface area is 162 Å². The van der Waals surface area contributed by atoms with Gasteiger partial charge in [-0.25, -0.2) is 13.2 Å². The highest BCUT2D eigenvalue weighted by Crippen LogP contribution is 2.38. The summed E-state index contributed by atoms with van der Waals surface area (Å²) >= 11 is 5.63. The van der Waals surface area contributed by atoms with E-state index in [0.29, 0.717) is 0 Å². The lowest BCUT2D eigenvalue weighted by Crippen LogP contribution is -2.20. The fraction of sp³-hybridized carbons (Fsp3) is 0.158. The van der Waals surface area contributed by atoms with Crippen molar-refractivity contribution in [2.24, 2.45) is 5.73 Å². The number of phenols is 1. The number of halogens is 4. The first-order valence-corrected chi connectivity index (χ1v) is 8.45. The quantitative estimate of drug-likeness (QED) is 0.684. The molecule has 0 saturated carbocycles. The molecule has 2 aromatic carbocycles. The van der Waals surface area contributed by atoms with Gasteiger partial charge in [0.2, 0.25) is 5.91 Å². The van der Waals surface area contributed by atoms with Crippen LogP contribution in [0.5, 0.6) is 5.75 Å². The number of fused-ring (bicyclic) bond motifs is 1. The number of amides is 1. The summed E-state index contributed by atoms with van der Waals surface area (Å²) in [5.41, 5.74) is 5.09. The van der Waals surface area contributed by atoms with Gasteiger partial charge in [0.15, 0.2) is 17.4 Å². The Morgan fingerprint density at radius 1 is 1.18 bits per heavy atom. The van der Waals surface area contributed by atoms with Gasteiger partial charge in [-0.3, -0.25) is 14.2 Å². The summed E-state index contributed by atoms with van der Waals surface area (Å²) in [5.74, 6) is -7.36. The summed E-state index contributed by atoms with van der Waals surface area (Å²) in [7, 11) is 0. The first-order valence-electron chi connectivity index (χ1n) is 8.07. The Morgan fingerprint density at radius 2 is 1.82 bits per heavy atom. The van der Waals surface area contributed by atoms with Gasteiger partial charge in [0.25, 0.3) is 5.91 Å². The zero-order chi connectivity index (χ0) is 20.9. The van der Waals surface area contributed by atoms with Crippen molar-refractivity contribution in [3.05, 3.63) is 63.6 Å². The number of hydrogen-bond donors (Lipinski definition) is 2. The molecule has 3 aromatic rings. The van der Waals surface area contributed by atoms with Crippen LogP contribution in [0.15, 0.2) is 24.3 Å². The molecule has 1 aromatic heterocycles. The number of rotatable bonds is 3. The number of aromatic nitrogens is 1. The van der Waals surface area contributed by atoms with Crippen LogP contribution >= 0.6 is 11.6 Å². The number of carbonyl (C=O) groups is 2. The van der Waals surface area contributed by atoms with Crippen molar-refractivity contribution in [1.29, 1.82) is 0 Å². The molecule has 1 heterocycles. The summed E-state index contributed by atoms with van der Waals surface area (Å²) in [6.07, 6.45) is 0. The van der Waals surface area contributed by atoms with E-state index < -0.39 is 40.9 Å². The molecule has 5 nitrogen and oxygen atoms in total. The third-order valence-electron chi connectivity index (χ3n) is 4.64. The monoisotopic (exact) mass is 410 g/mol. The van der Waals surface area contributed by atoms with E-state index >= 15 is 0 Å². The predicted molar refractivity (Wildman–Crippen MR) is 97.0 cm³/mol. The van der Waals surface area contributed by atoms with Crippen molar-refractivity contribution in [2.45, 2.75) is 19.8 Å². The van der Waals surface area contributed by atoms with Crippen LogP contribution in [0.1, 0.15) is 34.5 Å². The maximum absolute atomic E-state index is 14.7. The minimum atomic E-state index is -1.32. The van der Waals surface area contributed by atoms with Crippen LogP contribution in [0.4, 0.5) is 13.2 Å². The standard InChI is InChI=1S/C19H14ClF3N2O3/c1-7(18(24)27)14-8(2)25(13-6-12(22)17(26)16(23)15(13)14)19(28)9-3-4-10(20)11(21)5-9/h3-7,26H,1-2H3,(H2,24,27)/t7-/m1/s1. The number of hydrogen-bond acceptors (Lipinski definition) is 3. The fourth-order valence-electron chi connectivity index (χ4n) is 3.20. The molecular weight excluding hydrogens is 397 g/mol. The molecule has 0 fully saturated rings. The van der Waals surface area contributed by atoms with Crippen LogP contribution < -0.4 is 5.73 Å². The highest BCUT2D eigenvalue weighted by molar-refractivity contribution is 6.30. The Hall–Kier alpha value is -3.00. The van der Waals surface area contributed by atoms with Crippen LogP contribution in [0, 0.1) is 24.4 Å². The van der Waals surface area contributed by atoms with Crippen LogP contribution in [-0.2, 0) is 4.79 Å². The maximum Gasteiger partial charge on any atom is 0.262 e. The molecule has 0 saturated heterocycles. The van der Waals surface area contributed by atoms with Crippen molar-refractivity contribution in [3.63, 3.8) is 0 Å². The van der Waals surface area contributed by atoms with E-state index in [1.165, 1.54) is 26.0 Å². The van der Waals surface area contributed by atoms with Crippen LogP contribution in [-0.4, -0.2) is 21.5 Å². The average molecular weight is 411 g/mol. The molecule has 1 amide bonds. The van der Waals surface area contributed by atoms with E-state index in [2.05, 4.69) is 0 Å². The number of carbonyl (C=O) groups excluding carboxylic acids is 2. The second kappa shape index (κ2) is 6.87. The Bertz CT molecular complexity index is 1160. The van der Waals surface area contributed by atoms with E-state index in [4.69, 9.17) is 17.3 Å². The Kier molecular flexibility index (Phi) is 4.84. The number of primary amides is 1. The highest BCUT2D eigenvalue weighted by atomic mass is 35.5. The van der Waals surface area contributed by atoms with Gasteiger partial charge < -0.3 is 10.8 Å². The molecule has 3 N–H and O–H groups in total. The molecule has 0 radical (unpaired) electrons. The zero-order valence-corrected chi connectivity index (χ0v) is 15.4. The zero-order valence-electron chi connectivity index (χ0n) is 14.7. The highest BCUT2D eigenvalue weighted by Gasteiger charge is 2.30. The average Bonchev–Trinajstić information content (AvgIpc) is 2.92. The summed E-state index contributed by atoms with van der Waals surface area (Å²) in [5, 5.41) is 9.13. The molecule has 0 spiro atoms. The maximum atomic E-state index is 14.7. The summed E-state index contributed by atoms with van der Waals surface area (Å²) in [6, 6.07) is 4.08. The topological polar surface area (TPSA) is 85.3 Å². The van der Waals surface area contributed by atoms with Crippen molar-refractivity contribution >= 4 is 34.3 Å². The molecule has 0 aliphatic rings. The van der Waals surface area contributed by atoms with Gasteiger partial charge in [-0.2, -0.15) is 0 Å². The number of nitrogens with two attached hydrogens (primary N) is 1. The minimum Gasteiger partial charge on any atom is -0.503 e.